The number of aryl methyl sites for hydroxylation is 1. The summed E-state index contributed by atoms with van der Waals surface area (Å²) < 4.78 is 18.8. The van der Waals surface area contributed by atoms with Crippen molar-refractivity contribution in [2.24, 2.45) is 5.73 Å². The molecule has 3 nitrogen and oxygen atoms in total. The maximum Gasteiger partial charge on any atom is 0.145 e. The summed E-state index contributed by atoms with van der Waals surface area (Å²) in [5.41, 5.74) is 8.61. The van der Waals surface area contributed by atoms with Gasteiger partial charge in [-0.1, -0.05) is 13.8 Å². The summed E-state index contributed by atoms with van der Waals surface area (Å²) in [6.07, 6.45) is 0. The highest BCUT2D eigenvalue weighted by molar-refractivity contribution is 5.67. The minimum absolute atomic E-state index is 0.226. The smallest absolute Gasteiger partial charge is 0.145 e. The summed E-state index contributed by atoms with van der Waals surface area (Å²) in [6.45, 7) is 6.32. The van der Waals surface area contributed by atoms with Crippen LogP contribution in [-0.4, -0.2) is 18.6 Å². The molecule has 21 heavy (non-hydrogen) atoms. The molecule has 0 saturated carbocycles. The summed E-state index contributed by atoms with van der Waals surface area (Å²) in [7, 11) is 1.60. The van der Waals surface area contributed by atoms with E-state index in [1.165, 1.54) is 6.07 Å². The van der Waals surface area contributed by atoms with Crippen molar-refractivity contribution >= 4 is 0 Å². The number of benzene rings is 1. The number of pyridine rings is 1. The average molecular weight is 288 g/mol. The predicted octanol–water partition coefficient (Wildman–Crippen LogP) is 3.44. The molecule has 2 rings (SSSR count). The summed E-state index contributed by atoms with van der Waals surface area (Å²) in [6, 6.07) is 8.75. The standard InChI is InChI=1S/C17H21FN2O/c1-11-9-12(5-6-13(11)18)16-14(21-4)7-8-15(20-16)17(2,3)10-19/h5-9H,10,19H2,1-4H3. The highest BCUT2D eigenvalue weighted by Gasteiger charge is 2.22. The van der Waals surface area contributed by atoms with Gasteiger partial charge >= 0.3 is 0 Å². The van der Waals surface area contributed by atoms with E-state index in [1.54, 1.807) is 26.2 Å². The average Bonchev–Trinajstić information content (AvgIpc) is 2.49. The molecule has 0 spiro atoms. The first kappa shape index (κ1) is 15.4. The predicted molar refractivity (Wildman–Crippen MR) is 83.0 cm³/mol. The van der Waals surface area contributed by atoms with Gasteiger partial charge in [0.05, 0.1) is 7.11 Å². The summed E-state index contributed by atoms with van der Waals surface area (Å²) >= 11 is 0. The Morgan fingerprint density at radius 3 is 2.52 bits per heavy atom. The van der Waals surface area contributed by atoms with Crippen LogP contribution in [0.2, 0.25) is 0 Å². The zero-order valence-corrected chi connectivity index (χ0v) is 12.9. The quantitative estimate of drug-likeness (QED) is 0.937. The Morgan fingerprint density at radius 2 is 1.95 bits per heavy atom. The molecule has 4 heteroatoms. The van der Waals surface area contributed by atoms with Crippen LogP contribution in [0.5, 0.6) is 5.75 Å². The number of nitrogens with two attached hydrogens (primary N) is 1. The van der Waals surface area contributed by atoms with Crippen LogP contribution in [0.1, 0.15) is 25.1 Å². The Bertz CT molecular complexity index is 653. The Kier molecular flexibility index (Phi) is 4.28. The molecule has 0 bridgehead atoms. The van der Waals surface area contributed by atoms with E-state index >= 15 is 0 Å². The van der Waals surface area contributed by atoms with Gasteiger partial charge in [-0.2, -0.15) is 0 Å². The number of ether oxygens (including phenoxy) is 1. The SMILES string of the molecule is COc1ccc(C(C)(C)CN)nc1-c1ccc(F)c(C)c1. The monoisotopic (exact) mass is 288 g/mol. The van der Waals surface area contributed by atoms with E-state index in [-0.39, 0.29) is 11.2 Å². The van der Waals surface area contributed by atoms with E-state index in [0.717, 1.165) is 11.3 Å². The first-order valence-corrected chi connectivity index (χ1v) is 6.91. The number of aromatic nitrogens is 1. The van der Waals surface area contributed by atoms with Gasteiger partial charge in [0.2, 0.25) is 0 Å². The van der Waals surface area contributed by atoms with Crippen molar-refractivity contribution in [1.29, 1.82) is 0 Å². The fraction of sp³-hybridized carbons (Fsp3) is 0.353. The molecule has 1 aromatic carbocycles. The van der Waals surface area contributed by atoms with E-state index in [9.17, 15) is 4.39 Å². The number of methoxy groups -OCH3 is 1. The van der Waals surface area contributed by atoms with Crippen LogP contribution >= 0.6 is 0 Å². The number of rotatable bonds is 4. The van der Waals surface area contributed by atoms with Gasteiger partial charge in [0, 0.05) is 23.2 Å². The Hall–Kier alpha value is -1.94. The molecule has 0 unspecified atom stereocenters. The zero-order chi connectivity index (χ0) is 15.6. The molecular weight excluding hydrogens is 267 g/mol. The second kappa shape index (κ2) is 5.82. The van der Waals surface area contributed by atoms with Crippen LogP contribution in [0.15, 0.2) is 30.3 Å². The second-order valence-electron chi connectivity index (χ2n) is 5.80. The van der Waals surface area contributed by atoms with Gasteiger partial charge in [0.1, 0.15) is 17.3 Å². The van der Waals surface area contributed by atoms with Crippen LogP contribution in [0.4, 0.5) is 4.39 Å². The van der Waals surface area contributed by atoms with Crippen molar-refractivity contribution in [1.82, 2.24) is 4.98 Å². The van der Waals surface area contributed by atoms with Gasteiger partial charge in [-0.15, -0.1) is 0 Å². The molecule has 112 valence electrons. The van der Waals surface area contributed by atoms with Crippen molar-refractivity contribution in [2.45, 2.75) is 26.2 Å². The Morgan fingerprint density at radius 1 is 1.24 bits per heavy atom. The first-order valence-electron chi connectivity index (χ1n) is 6.91. The van der Waals surface area contributed by atoms with Gasteiger partial charge in [0.25, 0.3) is 0 Å². The largest absolute Gasteiger partial charge is 0.494 e. The Labute approximate surface area is 125 Å². The van der Waals surface area contributed by atoms with Gasteiger partial charge < -0.3 is 10.5 Å². The number of hydrogen-bond donors (Lipinski definition) is 1. The van der Waals surface area contributed by atoms with E-state index in [4.69, 9.17) is 15.5 Å². The lowest BCUT2D eigenvalue weighted by Crippen LogP contribution is -2.29. The molecule has 0 aliphatic carbocycles. The fourth-order valence-corrected chi connectivity index (χ4v) is 2.09. The summed E-state index contributed by atoms with van der Waals surface area (Å²) in [5, 5.41) is 0. The van der Waals surface area contributed by atoms with Crippen molar-refractivity contribution in [3.05, 3.63) is 47.4 Å². The molecule has 2 aromatic rings. The Balaban J connectivity index is 2.59. The number of hydrogen-bond acceptors (Lipinski definition) is 3. The molecule has 0 saturated heterocycles. The molecule has 1 aromatic heterocycles. The second-order valence-corrected chi connectivity index (χ2v) is 5.80. The lowest BCUT2D eigenvalue weighted by Gasteiger charge is -2.23. The lowest BCUT2D eigenvalue weighted by atomic mass is 9.88. The molecule has 2 N–H and O–H groups in total. The minimum atomic E-state index is -0.226. The molecule has 0 amide bonds. The van der Waals surface area contributed by atoms with Gasteiger partial charge in [0.15, 0.2) is 0 Å². The van der Waals surface area contributed by atoms with E-state index in [0.29, 0.717) is 23.6 Å². The van der Waals surface area contributed by atoms with Crippen molar-refractivity contribution in [2.75, 3.05) is 13.7 Å². The van der Waals surface area contributed by atoms with Crippen molar-refractivity contribution < 1.29 is 9.13 Å². The lowest BCUT2D eigenvalue weighted by molar-refractivity contribution is 0.413. The fourth-order valence-electron chi connectivity index (χ4n) is 2.09. The number of halogens is 1. The van der Waals surface area contributed by atoms with Gasteiger partial charge in [-0.05, 0) is 42.8 Å². The van der Waals surface area contributed by atoms with Gasteiger partial charge in [-0.25, -0.2) is 9.37 Å². The first-order chi connectivity index (χ1) is 9.89. The number of nitrogens with zero attached hydrogens (tertiary/aromatic N) is 1. The van der Waals surface area contributed by atoms with Gasteiger partial charge in [-0.3, -0.25) is 0 Å². The van der Waals surface area contributed by atoms with Crippen LogP contribution in [0.25, 0.3) is 11.3 Å². The molecule has 0 radical (unpaired) electrons. The minimum Gasteiger partial charge on any atom is -0.494 e. The third-order valence-electron chi connectivity index (χ3n) is 3.71. The summed E-state index contributed by atoms with van der Waals surface area (Å²) in [4.78, 5) is 4.70. The molecule has 0 atom stereocenters. The third kappa shape index (κ3) is 3.05. The third-order valence-corrected chi connectivity index (χ3v) is 3.71. The van der Waals surface area contributed by atoms with Crippen molar-refractivity contribution in [3.8, 4) is 17.0 Å². The zero-order valence-electron chi connectivity index (χ0n) is 12.9. The molecule has 0 fully saturated rings. The molecular formula is C17H21FN2O. The van der Waals surface area contributed by atoms with Crippen molar-refractivity contribution in [3.63, 3.8) is 0 Å². The van der Waals surface area contributed by atoms with Crippen LogP contribution in [0, 0.1) is 12.7 Å². The molecule has 1 heterocycles. The highest BCUT2D eigenvalue weighted by atomic mass is 19.1. The maximum absolute atomic E-state index is 13.5. The topological polar surface area (TPSA) is 48.1 Å². The van der Waals surface area contributed by atoms with Crippen LogP contribution in [0.3, 0.4) is 0 Å². The van der Waals surface area contributed by atoms with E-state index in [1.807, 2.05) is 26.0 Å². The van der Waals surface area contributed by atoms with E-state index in [2.05, 4.69) is 0 Å². The summed E-state index contributed by atoms with van der Waals surface area (Å²) in [5.74, 6) is 0.439. The normalized spacial score (nSPS) is 11.5. The van der Waals surface area contributed by atoms with Crippen LogP contribution in [-0.2, 0) is 5.41 Å². The maximum atomic E-state index is 13.5. The molecule has 0 aliphatic heterocycles. The highest BCUT2D eigenvalue weighted by Crippen LogP contribution is 2.32. The molecule has 0 aliphatic rings. The van der Waals surface area contributed by atoms with E-state index < -0.39 is 0 Å². The van der Waals surface area contributed by atoms with Crippen LogP contribution < -0.4 is 10.5 Å².